The third kappa shape index (κ3) is 1.74. The Morgan fingerprint density at radius 1 is 1.37 bits per heavy atom. The molecule has 5 nitrogen and oxygen atoms in total. The van der Waals surface area contributed by atoms with E-state index in [0.717, 1.165) is 12.8 Å². The van der Waals surface area contributed by atoms with Crippen molar-refractivity contribution in [1.82, 2.24) is 9.55 Å². The molecule has 6 heteroatoms. The number of halogens is 1. The lowest BCUT2D eigenvalue weighted by atomic mass is 10.0. The van der Waals surface area contributed by atoms with Gasteiger partial charge in [-0.1, -0.05) is 0 Å². The zero-order valence-corrected chi connectivity index (χ0v) is 10.8. The molecule has 1 aromatic rings. The molecule has 0 aromatic carbocycles. The van der Waals surface area contributed by atoms with Gasteiger partial charge in [0.15, 0.2) is 0 Å². The summed E-state index contributed by atoms with van der Waals surface area (Å²) in [7, 11) is 1.44. The number of methoxy groups -OCH3 is 1. The molecule has 1 unspecified atom stereocenters. The van der Waals surface area contributed by atoms with Gasteiger partial charge in [0.1, 0.15) is 11.9 Å². The minimum absolute atomic E-state index is 0.0744. The summed E-state index contributed by atoms with van der Waals surface area (Å²) in [6.45, 7) is 1.59. The highest BCUT2D eigenvalue weighted by Gasteiger charge is 2.30. The molecule has 1 saturated carbocycles. The smallest absolute Gasteiger partial charge is 0.329 e. The quantitative estimate of drug-likeness (QED) is 0.787. The molecular formula is C13H15FN2O3. The van der Waals surface area contributed by atoms with Crippen molar-refractivity contribution in [3.63, 3.8) is 0 Å². The van der Waals surface area contributed by atoms with Crippen LogP contribution in [0.5, 0.6) is 0 Å². The average molecular weight is 266 g/mol. The number of nitrogens with zero attached hydrogens (tertiary/aromatic N) is 1. The van der Waals surface area contributed by atoms with E-state index in [9.17, 15) is 14.0 Å². The molecule has 2 aliphatic carbocycles. The molecule has 0 saturated heterocycles. The van der Waals surface area contributed by atoms with Crippen LogP contribution in [0, 0.1) is 0 Å². The van der Waals surface area contributed by atoms with Crippen LogP contribution < -0.4 is 21.8 Å². The third-order valence-electron chi connectivity index (χ3n) is 3.80. The van der Waals surface area contributed by atoms with Crippen LogP contribution in [0.3, 0.4) is 0 Å². The number of ether oxygens (including phenoxy) is 1. The van der Waals surface area contributed by atoms with E-state index in [-0.39, 0.29) is 17.7 Å². The van der Waals surface area contributed by atoms with Gasteiger partial charge in [-0.2, -0.15) is 0 Å². The van der Waals surface area contributed by atoms with Gasteiger partial charge in [-0.05, 0) is 25.3 Å². The largest absolute Gasteiger partial charge is 0.499 e. The summed E-state index contributed by atoms with van der Waals surface area (Å²) in [5.74, 6) is 0.378. The van der Waals surface area contributed by atoms with Crippen LogP contribution in [0.15, 0.2) is 9.59 Å². The monoisotopic (exact) mass is 266 g/mol. The van der Waals surface area contributed by atoms with Gasteiger partial charge in [0.25, 0.3) is 5.56 Å². The number of fused-ring (bicyclic) bond motifs is 1. The molecule has 1 aromatic heterocycles. The van der Waals surface area contributed by atoms with E-state index in [1.54, 1.807) is 11.5 Å². The Balaban J connectivity index is 2.58. The van der Waals surface area contributed by atoms with E-state index in [0.29, 0.717) is 16.7 Å². The molecule has 1 fully saturated rings. The van der Waals surface area contributed by atoms with E-state index in [4.69, 9.17) is 4.74 Å². The molecule has 19 heavy (non-hydrogen) atoms. The minimum atomic E-state index is -1.24. The lowest BCUT2D eigenvalue weighted by molar-refractivity contribution is 0.308. The predicted octanol–water partition coefficient (Wildman–Crippen LogP) is -0.462. The summed E-state index contributed by atoms with van der Waals surface area (Å²) >= 11 is 0. The molecule has 3 rings (SSSR count). The molecule has 0 spiro atoms. The number of H-pyrrole nitrogens is 1. The first-order valence-corrected chi connectivity index (χ1v) is 6.31. The number of alkyl halides is 1. The van der Waals surface area contributed by atoms with Crippen molar-refractivity contribution in [3.8, 4) is 0 Å². The SMILES string of the molecule is COC1=c2c(c(=O)[nH]c(=O)n2C2CC2)=C(C)C(F)C1. The Hall–Kier alpha value is -1.85. The van der Waals surface area contributed by atoms with Gasteiger partial charge < -0.3 is 4.74 Å². The Morgan fingerprint density at radius 3 is 2.63 bits per heavy atom. The van der Waals surface area contributed by atoms with Crippen molar-refractivity contribution in [2.45, 2.75) is 38.4 Å². The second kappa shape index (κ2) is 4.08. The minimum Gasteiger partial charge on any atom is -0.499 e. The van der Waals surface area contributed by atoms with Gasteiger partial charge >= 0.3 is 5.69 Å². The van der Waals surface area contributed by atoms with Gasteiger partial charge in [-0.25, -0.2) is 9.18 Å². The van der Waals surface area contributed by atoms with Crippen molar-refractivity contribution in [2.75, 3.05) is 7.11 Å². The molecule has 0 bridgehead atoms. The number of aromatic nitrogens is 2. The number of hydrogen-bond acceptors (Lipinski definition) is 3. The fourth-order valence-electron chi connectivity index (χ4n) is 2.62. The second-order valence-corrected chi connectivity index (χ2v) is 5.07. The summed E-state index contributed by atoms with van der Waals surface area (Å²) in [6.07, 6.45) is 0.625. The highest BCUT2D eigenvalue weighted by Crippen LogP contribution is 2.32. The normalized spacial score (nSPS) is 22.4. The predicted molar refractivity (Wildman–Crippen MR) is 67.9 cm³/mol. The lowest BCUT2D eigenvalue weighted by Crippen LogP contribution is -2.57. The molecule has 102 valence electrons. The highest BCUT2D eigenvalue weighted by atomic mass is 19.1. The third-order valence-corrected chi connectivity index (χ3v) is 3.80. The van der Waals surface area contributed by atoms with Crippen molar-refractivity contribution in [2.24, 2.45) is 0 Å². The summed E-state index contributed by atoms with van der Waals surface area (Å²) in [4.78, 5) is 26.2. The molecule has 2 aliphatic rings. The number of nitrogens with one attached hydrogen (secondary N) is 1. The van der Waals surface area contributed by atoms with Crippen molar-refractivity contribution >= 4 is 11.3 Å². The van der Waals surface area contributed by atoms with Crippen molar-refractivity contribution < 1.29 is 9.13 Å². The van der Waals surface area contributed by atoms with Gasteiger partial charge in [-0.3, -0.25) is 14.3 Å². The number of aromatic amines is 1. The summed E-state index contributed by atoms with van der Waals surface area (Å²) in [5, 5.41) is 0.715. The molecule has 0 aliphatic heterocycles. The molecule has 0 radical (unpaired) electrons. The van der Waals surface area contributed by atoms with Gasteiger partial charge in [0.05, 0.1) is 17.7 Å². The molecule has 0 amide bonds. The van der Waals surface area contributed by atoms with E-state index in [1.807, 2.05) is 0 Å². The van der Waals surface area contributed by atoms with Gasteiger partial charge in [-0.15, -0.1) is 0 Å². The molecule has 1 heterocycles. The maximum Gasteiger partial charge on any atom is 0.329 e. The van der Waals surface area contributed by atoms with Crippen LogP contribution in [0.4, 0.5) is 4.39 Å². The Kier molecular flexibility index (Phi) is 2.62. The maximum absolute atomic E-state index is 13.9. The van der Waals surface area contributed by atoms with E-state index < -0.39 is 17.4 Å². The summed E-state index contributed by atoms with van der Waals surface area (Å²) in [6, 6.07) is 0.0900. The fourth-order valence-corrected chi connectivity index (χ4v) is 2.62. The Labute approximate surface area is 108 Å². The summed E-state index contributed by atoms with van der Waals surface area (Å²) < 4.78 is 20.7. The maximum atomic E-state index is 13.9. The van der Waals surface area contributed by atoms with Gasteiger partial charge in [0.2, 0.25) is 0 Å². The van der Waals surface area contributed by atoms with Crippen LogP contribution in [0.25, 0.3) is 11.3 Å². The molecular weight excluding hydrogens is 251 g/mol. The first kappa shape index (κ1) is 12.2. The first-order chi connectivity index (χ1) is 9.04. The Bertz CT molecular complexity index is 771. The number of rotatable bonds is 2. The van der Waals surface area contributed by atoms with Crippen molar-refractivity contribution in [1.29, 1.82) is 0 Å². The van der Waals surface area contributed by atoms with Crippen LogP contribution >= 0.6 is 0 Å². The highest BCUT2D eigenvalue weighted by molar-refractivity contribution is 5.55. The number of hydrogen-bond donors (Lipinski definition) is 1. The van der Waals surface area contributed by atoms with Crippen LogP contribution in [0.1, 0.15) is 32.2 Å². The zero-order valence-electron chi connectivity index (χ0n) is 10.8. The second-order valence-electron chi connectivity index (χ2n) is 5.07. The van der Waals surface area contributed by atoms with Crippen LogP contribution in [-0.4, -0.2) is 22.8 Å². The van der Waals surface area contributed by atoms with Gasteiger partial charge in [0, 0.05) is 12.5 Å². The first-order valence-electron chi connectivity index (χ1n) is 6.31. The standard InChI is InChI=1S/C13H15FN2O3/c1-6-8(14)5-9(19-2)11-10(6)12(17)15-13(18)16(11)7-3-4-7/h7-8H,3-5H2,1-2H3,(H,15,17,18). The molecule has 1 atom stereocenters. The van der Waals surface area contributed by atoms with Crippen LogP contribution in [0.2, 0.25) is 0 Å². The fraction of sp³-hybridized carbons (Fsp3) is 0.538. The van der Waals surface area contributed by atoms with Crippen molar-refractivity contribution in [3.05, 3.63) is 31.4 Å². The van der Waals surface area contributed by atoms with E-state index >= 15 is 0 Å². The lowest BCUT2D eigenvalue weighted by Gasteiger charge is -2.19. The van der Waals surface area contributed by atoms with Crippen LogP contribution in [-0.2, 0) is 4.74 Å². The average Bonchev–Trinajstić information content (AvgIpc) is 3.17. The van der Waals surface area contributed by atoms with E-state index in [1.165, 1.54) is 7.11 Å². The Morgan fingerprint density at radius 2 is 2.05 bits per heavy atom. The summed E-state index contributed by atoms with van der Waals surface area (Å²) in [5.41, 5.74) is -0.608. The molecule has 1 N–H and O–H groups in total. The topological polar surface area (TPSA) is 64.1 Å². The van der Waals surface area contributed by atoms with E-state index in [2.05, 4.69) is 4.98 Å². The zero-order chi connectivity index (χ0) is 13.7.